The van der Waals surface area contributed by atoms with Crippen molar-refractivity contribution in [2.24, 2.45) is 0 Å². The molecule has 2 aliphatic heterocycles. The molecule has 0 fully saturated rings. The van der Waals surface area contributed by atoms with Gasteiger partial charge in [-0.2, -0.15) is 0 Å². The van der Waals surface area contributed by atoms with Crippen molar-refractivity contribution in [1.29, 1.82) is 0 Å². The Morgan fingerprint density at radius 1 is 1.21 bits per heavy atom. The van der Waals surface area contributed by atoms with Crippen LogP contribution in [0.5, 0.6) is 11.5 Å². The van der Waals surface area contributed by atoms with E-state index in [1.54, 1.807) is 11.8 Å². The highest BCUT2D eigenvalue weighted by molar-refractivity contribution is 7.99. The summed E-state index contributed by atoms with van der Waals surface area (Å²) in [6.07, 6.45) is 4.05. The second-order valence-electron chi connectivity index (χ2n) is 5.88. The first-order valence-corrected chi connectivity index (χ1v) is 8.74. The van der Waals surface area contributed by atoms with Crippen LogP contribution in [0, 0.1) is 6.92 Å². The normalized spacial score (nSPS) is 15.0. The van der Waals surface area contributed by atoms with Gasteiger partial charge in [-0.25, -0.2) is 9.67 Å². The van der Waals surface area contributed by atoms with Crippen molar-refractivity contribution in [3.05, 3.63) is 35.8 Å². The third-order valence-electron chi connectivity index (χ3n) is 4.21. The number of benzene rings is 1. The number of aromatic nitrogens is 5. The molecular weight excluding hydrogens is 326 g/mol. The second-order valence-corrected chi connectivity index (χ2v) is 6.94. The van der Waals surface area contributed by atoms with Gasteiger partial charge < -0.3 is 14.0 Å². The molecule has 2 aliphatic rings. The van der Waals surface area contributed by atoms with Gasteiger partial charge in [-0.1, -0.05) is 17.0 Å². The van der Waals surface area contributed by atoms with Gasteiger partial charge in [0.2, 0.25) is 6.79 Å². The van der Waals surface area contributed by atoms with Crippen LogP contribution in [0.15, 0.2) is 29.7 Å². The Morgan fingerprint density at radius 3 is 2.96 bits per heavy atom. The predicted octanol–water partition coefficient (Wildman–Crippen LogP) is 2.33. The minimum atomic E-state index is 0.272. The van der Waals surface area contributed by atoms with Crippen LogP contribution in [-0.2, 0) is 13.1 Å². The van der Waals surface area contributed by atoms with Crippen molar-refractivity contribution >= 4 is 11.8 Å². The minimum absolute atomic E-state index is 0.272. The lowest BCUT2D eigenvalue weighted by Gasteiger charge is -2.04. The largest absolute Gasteiger partial charge is 0.454 e. The predicted molar refractivity (Wildman–Crippen MR) is 88.4 cm³/mol. The molecule has 5 rings (SSSR count). The van der Waals surface area contributed by atoms with E-state index in [9.17, 15) is 0 Å². The summed E-state index contributed by atoms with van der Waals surface area (Å²) in [5, 5.41) is 9.65. The van der Waals surface area contributed by atoms with Crippen molar-refractivity contribution in [2.75, 3.05) is 12.5 Å². The topological polar surface area (TPSA) is 67.0 Å². The number of ether oxygens (including phenoxy) is 2. The van der Waals surface area contributed by atoms with E-state index in [0.29, 0.717) is 6.54 Å². The molecule has 0 unspecified atom stereocenters. The summed E-state index contributed by atoms with van der Waals surface area (Å²) in [5.74, 6) is 2.65. The van der Waals surface area contributed by atoms with E-state index >= 15 is 0 Å². The molecule has 1 aromatic carbocycles. The van der Waals surface area contributed by atoms with Crippen LogP contribution >= 0.6 is 11.8 Å². The maximum absolute atomic E-state index is 5.46. The Kier molecular flexibility index (Phi) is 3.05. The number of nitrogens with zero attached hydrogens (tertiary/aromatic N) is 5. The van der Waals surface area contributed by atoms with E-state index in [4.69, 9.17) is 9.47 Å². The van der Waals surface area contributed by atoms with Gasteiger partial charge in [-0.05, 0) is 24.6 Å². The number of fused-ring (bicyclic) bond motifs is 2. The van der Waals surface area contributed by atoms with Gasteiger partial charge in [-0.15, -0.1) is 5.10 Å². The summed E-state index contributed by atoms with van der Waals surface area (Å²) in [4.78, 5) is 4.63. The molecule has 0 spiro atoms. The van der Waals surface area contributed by atoms with Crippen LogP contribution in [0.3, 0.4) is 0 Å². The van der Waals surface area contributed by atoms with Crippen LogP contribution in [0.25, 0.3) is 11.3 Å². The van der Waals surface area contributed by atoms with Crippen molar-refractivity contribution < 1.29 is 9.47 Å². The zero-order chi connectivity index (χ0) is 16.1. The Bertz CT molecular complexity index is 911. The third-order valence-corrected chi connectivity index (χ3v) is 5.18. The van der Waals surface area contributed by atoms with Gasteiger partial charge in [0.1, 0.15) is 5.69 Å². The molecular formula is C16H15N5O2S. The Labute approximate surface area is 142 Å². The zero-order valence-corrected chi connectivity index (χ0v) is 13.9. The Balaban J connectivity index is 1.42. The lowest BCUT2D eigenvalue weighted by Crippen LogP contribution is -2.01. The summed E-state index contributed by atoms with van der Waals surface area (Å²) in [6.45, 7) is 3.96. The average Bonchev–Trinajstić information content (AvgIpc) is 3.29. The maximum atomic E-state index is 5.46. The summed E-state index contributed by atoms with van der Waals surface area (Å²) < 4.78 is 14.9. The van der Waals surface area contributed by atoms with Crippen LogP contribution in [0.1, 0.15) is 11.3 Å². The number of imidazole rings is 1. The highest BCUT2D eigenvalue weighted by atomic mass is 32.2. The van der Waals surface area contributed by atoms with Crippen LogP contribution < -0.4 is 9.47 Å². The highest BCUT2D eigenvalue weighted by Gasteiger charge is 2.19. The number of rotatable bonds is 3. The number of thioether (sulfide) groups is 1. The molecule has 24 heavy (non-hydrogen) atoms. The molecule has 7 nitrogen and oxygen atoms in total. The lowest BCUT2D eigenvalue weighted by molar-refractivity contribution is 0.174. The van der Waals surface area contributed by atoms with Crippen molar-refractivity contribution in [3.63, 3.8) is 0 Å². The lowest BCUT2D eigenvalue weighted by atomic mass is 10.1. The molecule has 8 heteroatoms. The second kappa shape index (κ2) is 5.27. The maximum Gasteiger partial charge on any atom is 0.231 e. The van der Waals surface area contributed by atoms with Crippen LogP contribution in [0.2, 0.25) is 0 Å². The molecule has 3 aromatic rings. The van der Waals surface area contributed by atoms with E-state index in [-0.39, 0.29) is 6.79 Å². The van der Waals surface area contributed by atoms with Gasteiger partial charge in [0.15, 0.2) is 16.7 Å². The molecule has 0 radical (unpaired) electrons. The van der Waals surface area contributed by atoms with Gasteiger partial charge >= 0.3 is 0 Å². The van der Waals surface area contributed by atoms with Crippen LogP contribution in [-0.4, -0.2) is 37.1 Å². The number of hydrogen-bond acceptors (Lipinski definition) is 6. The fourth-order valence-electron chi connectivity index (χ4n) is 3.02. The van der Waals surface area contributed by atoms with Crippen molar-refractivity contribution in [2.45, 2.75) is 25.2 Å². The van der Waals surface area contributed by atoms with Gasteiger partial charge in [0.25, 0.3) is 0 Å². The first-order chi connectivity index (χ1) is 11.8. The molecule has 0 saturated carbocycles. The van der Waals surface area contributed by atoms with E-state index in [2.05, 4.69) is 26.1 Å². The Hall–Kier alpha value is -2.48. The number of hydrogen-bond donors (Lipinski definition) is 0. The molecule has 0 atom stereocenters. The fraction of sp³-hybridized carbons (Fsp3) is 0.312. The van der Waals surface area contributed by atoms with E-state index in [1.807, 2.05) is 29.9 Å². The summed E-state index contributed by atoms with van der Waals surface area (Å²) in [7, 11) is 0. The SMILES string of the molecule is Cc1cc2c(cc1-c1cn(Cc3cn4c(n3)SCC4)nn1)OCO2. The number of aryl methyl sites for hydroxylation is 2. The first-order valence-electron chi connectivity index (χ1n) is 7.76. The van der Waals surface area contributed by atoms with E-state index in [1.165, 1.54) is 0 Å². The standard InChI is InChI=1S/C16H15N5O2S/c1-10-4-14-15(23-9-22-14)5-12(10)13-8-21(19-18-13)7-11-6-20-2-3-24-16(20)17-11/h4-6,8H,2-3,7,9H2,1H3. The molecule has 0 amide bonds. The van der Waals surface area contributed by atoms with Crippen LogP contribution in [0.4, 0.5) is 0 Å². The summed E-state index contributed by atoms with van der Waals surface area (Å²) in [5.41, 5.74) is 3.93. The van der Waals surface area contributed by atoms with Crippen molar-refractivity contribution in [1.82, 2.24) is 24.5 Å². The minimum Gasteiger partial charge on any atom is -0.454 e. The van der Waals surface area contributed by atoms with Crippen molar-refractivity contribution in [3.8, 4) is 22.8 Å². The quantitative estimate of drug-likeness (QED) is 0.728. The first kappa shape index (κ1) is 13.9. The van der Waals surface area contributed by atoms with Gasteiger partial charge in [0, 0.05) is 24.1 Å². The third kappa shape index (κ3) is 2.25. The average molecular weight is 341 g/mol. The fourth-order valence-corrected chi connectivity index (χ4v) is 3.98. The van der Waals surface area contributed by atoms with E-state index < -0.39 is 0 Å². The molecule has 4 heterocycles. The van der Waals surface area contributed by atoms with Gasteiger partial charge in [-0.3, -0.25) is 0 Å². The molecule has 0 saturated heterocycles. The molecule has 0 N–H and O–H groups in total. The highest BCUT2D eigenvalue weighted by Crippen LogP contribution is 2.37. The molecule has 2 aromatic heterocycles. The summed E-state index contributed by atoms with van der Waals surface area (Å²) in [6, 6.07) is 3.95. The smallest absolute Gasteiger partial charge is 0.231 e. The summed E-state index contributed by atoms with van der Waals surface area (Å²) >= 11 is 1.80. The Morgan fingerprint density at radius 2 is 2.08 bits per heavy atom. The molecule has 0 aliphatic carbocycles. The monoisotopic (exact) mass is 341 g/mol. The zero-order valence-electron chi connectivity index (χ0n) is 13.1. The molecule has 122 valence electrons. The van der Waals surface area contributed by atoms with Gasteiger partial charge in [0.05, 0.1) is 18.4 Å². The van der Waals surface area contributed by atoms with E-state index in [0.717, 1.165) is 51.5 Å². The molecule has 0 bridgehead atoms.